The van der Waals surface area contributed by atoms with Crippen LogP contribution in [0.25, 0.3) is 22.2 Å². The van der Waals surface area contributed by atoms with Gasteiger partial charge in [-0.15, -0.1) is 0 Å². The number of ether oxygens (including phenoxy) is 1. The maximum absolute atomic E-state index is 12.6. The highest BCUT2D eigenvalue weighted by Gasteiger charge is 2.19. The molecule has 7 nitrogen and oxygen atoms in total. The van der Waals surface area contributed by atoms with E-state index < -0.39 is 0 Å². The Morgan fingerprint density at radius 1 is 1.03 bits per heavy atom. The maximum Gasteiger partial charge on any atom is 0.320 e. The molecule has 3 rings (SSSR count). The van der Waals surface area contributed by atoms with Crippen LogP contribution in [0.2, 0.25) is 0 Å². The number of benzene rings is 1. The lowest BCUT2D eigenvalue weighted by atomic mass is 10.0. The van der Waals surface area contributed by atoms with Crippen molar-refractivity contribution in [2.45, 2.75) is 52.5 Å². The first-order valence-corrected chi connectivity index (χ1v) is 11.1. The minimum Gasteiger partial charge on any atom is -0.496 e. The summed E-state index contributed by atoms with van der Waals surface area (Å²) in [5.41, 5.74) is 1.80. The molecule has 0 atom stereocenters. The molecular weight excluding hydrogens is 402 g/mol. The molecule has 0 fully saturated rings. The Balaban J connectivity index is 2.02. The van der Waals surface area contributed by atoms with Crippen molar-refractivity contribution in [3.05, 3.63) is 42.5 Å². The smallest absolute Gasteiger partial charge is 0.320 e. The number of fused-ring (bicyclic) bond motifs is 1. The van der Waals surface area contributed by atoms with Crippen LogP contribution in [0.3, 0.4) is 0 Å². The quantitative estimate of drug-likeness (QED) is 0.388. The van der Waals surface area contributed by atoms with Crippen molar-refractivity contribution in [2.75, 3.05) is 24.3 Å². The number of aromatic nitrogens is 2. The molecule has 0 saturated heterocycles. The summed E-state index contributed by atoms with van der Waals surface area (Å²) < 4.78 is 5.55. The average molecular weight is 436 g/mol. The number of para-hydroxylation sites is 1. The summed E-state index contributed by atoms with van der Waals surface area (Å²) in [6.45, 7) is 8.84. The Morgan fingerprint density at radius 2 is 1.81 bits per heavy atom. The molecule has 0 radical (unpaired) electrons. The third kappa shape index (κ3) is 6.09. The molecule has 2 aromatic heterocycles. The number of urea groups is 1. The van der Waals surface area contributed by atoms with E-state index >= 15 is 0 Å². The molecule has 0 aliphatic rings. The summed E-state index contributed by atoms with van der Waals surface area (Å²) in [5.74, 6) is 1.91. The van der Waals surface area contributed by atoms with Crippen molar-refractivity contribution in [1.29, 1.82) is 0 Å². The number of carbonyl (C=O) groups is 1. The van der Waals surface area contributed by atoms with Crippen LogP contribution in [0.1, 0.15) is 47.0 Å². The summed E-state index contributed by atoms with van der Waals surface area (Å²) in [4.78, 5) is 22.0. The zero-order valence-corrected chi connectivity index (χ0v) is 19.6. The number of amides is 2. The zero-order valence-electron chi connectivity index (χ0n) is 19.6. The number of pyridine rings is 2. The number of hydrogen-bond acceptors (Lipinski definition) is 5. The predicted molar refractivity (Wildman–Crippen MR) is 131 cm³/mol. The number of methoxy groups -OCH3 is 1. The number of hydrogen-bond donors (Lipinski definition) is 3. The molecule has 0 aliphatic carbocycles. The minimum absolute atomic E-state index is 0.325. The Morgan fingerprint density at radius 3 is 2.53 bits per heavy atom. The molecule has 1 aromatic carbocycles. The van der Waals surface area contributed by atoms with Crippen LogP contribution in [0.15, 0.2) is 42.5 Å². The van der Waals surface area contributed by atoms with Crippen LogP contribution in [-0.4, -0.2) is 35.2 Å². The van der Waals surface area contributed by atoms with Gasteiger partial charge in [0.1, 0.15) is 17.4 Å². The molecule has 2 amide bonds. The van der Waals surface area contributed by atoms with Crippen molar-refractivity contribution in [3.8, 4) is 16.9 Å². The summed E-state index contributed by atoms with van der Waals surface area (Å²) in [5, 5.41) is 10.1. The number of nitrogens with one attached hydrogen (secondary N) is 3. The lowest BCUT2D eigenvalue weighted by molar-refractivity contribution is 0.243. The van der Waals surface area contributed by atoms with E-state index in [1.54, 1.807) is 7.11 Å². The summed E-state index contributed by atoms with van der Waals surface area (Å²) in [6, 6.07) is 13.3. The maximum atomic E-state index is 12.6. The molecule has 2 heterocycles. The van der Waals surface area contributed by atoms with Crippen molar-refractivity contribution in [2.24, 2.45) is 0 Å². The van der Waals surface area contributed by atoms with E-state index in [0.29, 0.717) is 17.2 Å². The van der Waals surface area contributed by atoms with Crippen LogP contribution < -0.4 is 20.7 Å². The standard InChI is InChI=1S/C25H33N5O2/c1-6-7-10-15-26-21-14-13-17-16-19(18-11-8-9-12-20(18)32-5)23(28-22(17)27-21)29-24(31)30-25(2,3)4/h8-9,11-14,16H,6-7,10,15H2,1-5H3,(H3,26,27,28,29,30,31). The molecule has 32 heavy (non-hydrogen) atoms. The monoisotopic (exact) mass is 435 g/mol. The zero-order chi connectivity index (χ0) is 23.1. The Bertz CT molecular complexity index is 1080. The van der Waals surface area contributed by atoms with Crippen molar-refractivity contribution in [3.63, 3.8) is 0 Å². The highest BCUT2D eigenvalue weighted by atomic mass is 16.5. The van der Waals surface area contributed by atoms with Crippen molar-refractivity contribution >= 4 is 28.7 Å². The molecule has 0 saturated carbocycles. The molecule has 170 valence electrons. The van der Waals surface area contributed by atoms with Crippen molar-refractivity contribution < 1.29 is 9.53 Å². The second-order valence-corrected chi connectivity index (χ2v) is 8.79. The molecule has 0 aliphatic heterocycles. The predicted octanol–water partition coefficient (Wildman–Crippen LogP) is 5.83. The second kappa shape index (κ2) is 10.3. The largest absolute Gasteiger partial charge is 0.496 e. The molecule has 3 N–H and O–H groups in total. The Hall–Kier alpha value is -3.35. The summed E-state index contributed by atoms with van der Waals surface area (Å²) in [6.07, 6.45) is 3.44. The van der Waals surface area contributed by atoms with Gasteiger partial charge < -0.3 is 15.4 Å². The summed E-state index contributed by atoms with van der Waals surface area (Å²) in [7, 11) is 1.63. The van der Waals surface area contributed by atoms with Gasteiger partial charge in [-0.05, 0) is 51.5 Å². The second-order valence-electron chi connectivity index (χ2n) is 8.79. The van der Waals surface area contributed by atoms with Crippen LogP contribution in [0, 0.1) is 0 Å². The van der Waals surface area contributed by atoms with Crippen LogP contribution >= 0.6 is 0 Å². The fraction of sp³-hybridized carbons (Fsp3) is 0.400. The number of rotatable bonds is 8. The molecule has 3 aromatic rings. The Labute approximate surface area is 190 Å². The fourth-order valence-corrected chi connectivity index (χ4v) is 3.39. The van der Waals surface area contributed by atoms with E-state index in [0.717, 1.165) is 35.3 Å². The van der Waals surface area contributed by atoms with E-state index in [1.807, 2.05) is 63.2 Å². The van der Waals surface area contributed by atoms with Gasteiger partial charge in [0.15, 0.2) is 5.65 Å². The third-order valence-electron chi connectivity index (χ3n) is 4.88. The Kier molecular flexibility index (Phi) is 7.51. The first kappa shape index (κ1) is 23.3. The van der Waals surface area contributed by atoms with E-state index in [9.17, 15) is 4.79 Å². The molecule has 0 bridgehead atoms. The average Bonchev–Trinajstić information content (AvgIpc) is 2.75. The van der Waals surface area contributed by atoms with Gasteiger partial charge in [-0.2, -0.15) is 0 Å². The van der Waals surface area contributed by atoms with Crippen LogP contribution in [0.5, 0.6) is 5.75 Å². The molecule has 0 spiro atoms. The van der Waals surface area contributed by atoms with Crippen LogP contribution in [0.4, 0.5) is 16.4 Å². The van der Waals surface area contributed by atoms with Gasteiger partial charge in [0.05, 0.1) is 7.11 Å². The van der Waals surface area contributed by atoms with Gasteiger partial charge in [0.25, 0.3) is 0 Å². The first-order chi connectivity index (χ1) is 15.3. The number of carbonyl (C=O) groups excluding carboxylic acids is 1. The number of anilines is 2. The third-order valence-corrected chi connectivity index (χ3v) is 4.88. The van der Waals surface area contributed by atoms with Gasteiger partial charge >= 0.3 is 6.03 Å². The SMILES string of the molecule is CCCCCNc1ccc2cc(-c3ccccc3OC)c(NC(=O)NC(C)(C)C)nc2n1. The van der Waals surface area contributed by atoms with Gasteiger partial charge in [-0.25, -0.2) is 14.8 Å². The normalized spacial score (nSPS) is 11.3. The highest BCUT2D eigenvalue weighted by molar-refractivity contribution is 5.97. The van der Waals surface area contributed by atoms with E-state index in [2.05, 4.69) is 27.9 Å². The first-order valence-electron chi connectivity index (χ1n) is 11.1. The fourth-order valence-electron chi connectivity index (χ4n) is 3.39. The van der Waals surface area contributed by atoms with Gasteiger partial charge in [0.2, 0.25) is 0 Å². The highest BCUT2D eigenvalue weighted by Crippen LogP contribution is 2.36. The molecular formula is C25H33N5O2. The summed E-state index contributed by atoms with van der Waals surface area (Å²) >= 11 is 0. The molecule has 0 unspecified atom stereocenters. The van der Waals surface area contributed by atoms with Gasteiger partial charge in [0, 0.05) is 28.6 Å². The lowest BCUT2D eigenvalue weighted by Gasteiger charge is -2.21. The number of nitrogens with zero attached hydrogens (tertiary/aromatic N) is 2. The van der Waals surface area contributed by atoms with Crippen LogP contribution in [-0.2, 0) is 0 Å². The van der Waals surface area contributed by atoms with Gasteiger partial charge in [-0.3, -0.25) is 5.32 Å². The van der Waals surface area contributed by atoms with E-state index in [4.69, 9.17) is 9.72 Å². The van der Waals surface area contributed by atoms with Gasteiger partial charge in [-0.1, -0.05) is 38.0 Å². The molecule has 7 heteroatoms. The van der Waals surface area contributed by atoms with Crippen molar-refractivity contribution in [1.82, 2.24) is 15.3 Å². The lowest BCUT2D eigenvalue weighted by Crippen LogP contribution is -2.43. The number of unbranched alkanes of at least 4 members (excludes halogenated alkanes) is 2. The van der Waals surface area contributed by atoms with E-state index in [1.165, 1.54) is 12.8 Å². The van der Waals surface area contributed by atoms with E-state index in [-0.39, 0.29) is 11.6 Å². The minimum atomic E-state index is -0.376. The topological polar surface area (TPSA) is 88.2 Å².